The predicted molar refractivity (Wildman–Crippen MR) is 74.9 cm³/mol. The van der Waals surface area contributed by atoms with Crippen molar-refractivity contribution in [1.29, 1.82) is 0 Å². The van der Waals surface area contributed by atoms with Gasteiger partial charge in [0.15, 0.2) is 0 Å². The standard InChI is InChI=1S/C15H22N2O3/c1-9(15(18)19)14-10(2)16-13(17-11(14)3)8-12-6-4-5-7-20-12/h9,12H,4-8H2,1-3H3,(H,18,19). The highest BCUT2D eigenvalue weighted by Gasteiger charge is 2.22. The van der Waals surface area contributed by atoms with Crippen LogP contribution < -0.4 is 0 Å². The van der Waals surface area contributed by atoms with Gasteiger partial charge < -0.3 is 9.84 Å². The predicted octanol–water partition coefficient (Wildman–Crippen LogP) is 2.39. The smallest absolute Gasteiger partial charge is 0.310 e. The first-order chi connectivity index (χ1) is 9.49. The third-order valence-corrected chi connectivity index (χ3v) is 3.86. The Labute approximate surface area is 119 Å². The lowest BCUT2D eigenvalue weighted by Gasteiger charge is -2.22. The summed E-state index contributed by atoms with van der Waals surface area (Å²) in [7, 11) is 0. The van der Waals surface area contributed by atoms with Crippen molar-refractivity contribution in [2.24, 2.45) is 0 Å². The van der Waals surface area contributed by atoms with Gasteiger partial charge in [0.25, 0.3) is 0 Å². The van der Waals surface area contributed by atoms with Crippen LogP contribution in [-0.4, -0.2) is 33.8 Å². The molecule has 2 heterocycles. The van der Waals surface area contributed by atoms with Crippen LogP contribution in [0, 0.1) is 13.8 Å². The van der Waals surface area contributed by atoms with Gasteiger partial charge in [0.1, 0.15) is 5.82 Å². The second-order valence-corrected chi connectivity index (χ2v) is 5.48. The molecule has 0 radical (unpaired) electrons. The first-order valence-corrected chi connectivity index (χ1v) is 7.17. The minimum absolute atomic E-state index is 0.199. The molecule has 0 amide bonds. The number of aryl methyl sites for hydroxylation is 2. The summed E-state index contributed by atoms with van der Waals surface area (Å²) in [4.78, 5) is 20.1. The third-order valence-electron chi connectivity index (χ3n) is 3.86. The topological polar surface area (TPSA) is 72.3 Å². The Morgan fingerprint density at radius 2 is 2.00 bits per heavy atom. The van der Waals surface area contributed by atoms with Crippen LogP contribution in [0.25, 0.3) is 0 Å². The average molecular weight is 278 g/mol. The van der Waals surface area contributed by atoms with E-state index in [0.29, 0.717) is 6.42 Å². The zero-order chi connectivity index (χ0) is 14.7. The van der Waals surface area contributed by atoms with Gasteiger partial charge in [0.2, 0.25) is 0 Å². The first-order valence-electron chi connectivity index (χ1n) is 7.17. The first kappa shape index (κ1) is 14.9. The highest BCUT2D eigenvalue weighted by molar-refractivity contribution is 5.76. The second-order valence-electron chi connectivity index (χ2n) is 5.48. The molecule has 2 rings (SSSR count). The number of nitrogens with zero attached hydrogens (tertiary/aromatic N) is 2. The summed E-state index contributed by atoms with van der Waals surface area (Å²) in [5.74, 6) is -0.661. The maximum absolute atomic E-state index is 11.1. The lowest BCUT2D eigenvalue weighted by atomic mass is 9.98. The molecule has 1 N–H and O–H groups in total. The van der Waals surface area contributed by atoms with Crippen molar-refractivity contribution in [2.75, 3.05) is 6.61 Å². The van der Waals surface area contributed by atoms with Gasteiger partial charge in [-0.25, -0.2) is 9.97 Å². The highest BCUT2D eigenvalue weighted by atomic mass is 16.5. The zero-order valence-electron chi connectivity index (χ0n) is 12.3. The van der Waals surface area contributed by atoms with Crippen LogP contribution in [0.1, 0.15) is 54.9 Å². The number of hydrogen-bond acceptors (Lipinski definition) is 4. The summed E-state index contributed by atoms with van der Waals surface area (Å²) in [5.41, 5.74) is 2.25. The number of ether oxygens (including phenoxy) is 1. The largest absolute Gasteiger partial charge is 0.481 e. The summed E-state index contributed by atoms with van der Waals surface area (Å²) in [6.07, 6.45) is 4.28. The second kappa shape index (κ2) is 6.31. The quantitative estimate of drug-likeness (QED) is 0.915. The van der Waals surface area contributed by atoms with Gasteiger partial charge >= 0.3 is 5.97 Å². The van der Waals surface area contributed by atoms with Crippen LogP contribution in [0.5, 0.6) is 0 Å². The van der Waals surface area contributed by atoms with E-state index in [-0.39, 0.29) is 6.10 Å². The average Bonchev–Trinajstić information content (AvgIpc) is 2.38. The van der Waals surface area contributed by atoms with Crippen LogP contribution in [0.3, 0.4) is 0 Å². The van der Waals surface area contributed by atoms with Crippen molar-refractivity contribution in [3.8, 4) is 0 Å². The Kier molecular flexibility index (Phi) is 4.70. The number of carbonyl (C=O) groups is 1. The van der Waals surface area contributed by atoms with E-state index in [1.54, 1.807) is 6.92 Å². The Balaban J connectivity index is 2.18. The molecule has 1 aromatic rings. The van der Waals surface area contributed by atoms with E-state index in [1.165, 1.54) is 6.42 Å². The summed E-state index contributed by atoms with van der Waals surface area (Å²) in [6.45, 7) is 6.20. The van der Waals surface area contributed by atoms with Crippen molar-refractivity contribution in [3.05, 3.63) is 22.8 Å². The molecule has 5 nitrogen and oxygen atoms in total. The lowest BCUT2D eigenvalue weighted by Crippen LogP contribution is -2.23. The summed E-state index contributed by atoms with van der Waals surface area (Å²) >= 11 is 0. The van der Waals surface area contributed by atoms with E-state index < -0.39 is 11.9 Å². The molecule has 2 unspecified atom stereocenters. The summed E-state index contributed by atoms with van der Waals surface area (Å²) < 4.78 is 5.70. The van der Waals surface area contributed by atoms with Gasteiger partial charge in [-0.3, -0.25) is 4.79 Å². The summed E-state index contributed by atoms with van der Waals surface area (Å²) in [5, 5.41) is 9.14. The Morgan fingerprint density at radius 3 is 2.50 bits per heavy atom. The van der Waals surface area contributed by atoms with Crippen LogP contribution in [0.2, 0.25) is 0 Å². The molecule has 0 saturated carbocycles. The monoisotopic (exact) mass is 278 g/mol. The number of hydrogen-bond donors (Lipinski definition) is 1. The molecular weight excluding hydrogens is 256 g/mol. The van der Waals surface area contributed by atoms with Crippen molar-refractivity contribution >= 4 is 5.97 Å². The van der Waals surface area contributed by atoms with Crippen molar-refractivity contribution < 1.29 is 14.6 Å². The maximum atomic E-state index is 11.1. The fraction of sp³-hybridized carbons (Fsp3) is 0.667. The number of carboxylic acid groups (broad SMARTS) is 1. The molecule has 1 fully saturated rings. The molecule has 0 bridgehead atoms. The minimum atomic E-state index is -0.844. The molecule has 0 aromatic carbocycles. The molecule has 0 aliphatic carbocycles. The van der Waals surface area contributed by atoms with Crippen molar-refractivity contribution in [1.82, 2.24) is 9.97 Å². The van der Waals surface area contributed by atoms with Gasteiger partial charge in [-0.05, 0) is 40.0 Å². The molecule has 1 saturated heterocycles. The molecule has 2 atom stereocenters. The fourth-order valence-electron chi connectivity index (χ4n) is 2.81. The number of carboxylic acids is 1. The van der Waals surface area contributed by atoms with E-state index >= 15 is 0 Å². The maximum Gasteiger partial charge on any atom is 0.310 e. The van der Waals surface area contributed by atoms with Gasteiger partial charge in [-0.15, -0.1) is 0 Å². The van der Waals surface area contributed by atoms with E-state index in [1.807, 2.05) is 13.8 Å². The molecule has 5 heteroatoms. The Hall–Kier alpha value is -1.49. The van der Waals surface area contributed by atoms with Gasteiger partial charge in [0, 0.05) is 30.0 Å². The van der Waals surface area contributed by atoms with Crippen LogP contribution in [-0.2, 0) is 16.0 Å². The van der Waals surface area contributed by atoms with Gasteiger partial charge in [-0.2, -0.15) is 0 Å². The third kappa shape index (κ3) is 3.33. The van der Waals surface area contributed by atoms with E-state index in [4.69, 9.17) is 9.84 Å². The normalized spacial score (nSPS) is 20.6. The Morgan fingerprint density at radius 1 is 1.35 bits per heavy atom. The van der Waals surface area contributed by atoms with Crippen LogP contribution in [0.4, 0.5) is 0 Å². The molecule has 0 spiro atoms. The number of aliphatic carboxylic acids is 1. The van der Waals surface area contributed by atoms with Crippen LogP contribution >= 0.6 is 0 Å². The van der Waals surface area contributed by atoms with Crippen molar-refractivity contribution in [2.45, 2.75) is 58.5 Å². The fourth-order valence-corrected chi connectivity index (χ4v) is 2.81. The molecular formula is C15H22N2O3. The van der Waals surface area contributed by atoms with Crippen LogP contribution in [0.15, 0.2) is 0 Å². The van der Waals surface area contributed by atoms with E-state index in [2.05, 4.69) is 9.97 Å². The van der Waals surface area contributed by atoms with Gasteiger partial charge in [0.05, 0.1) is 12.0 Å². The molecule has 1 aliphatic heterocycles. The summed E-state index contributed by atoms with van der Waals surface area (Å²) in [6, 6.07) is 0. The van der Waals surface area contributed by atoms with Gasteiger partial charge in [-0.1, -0.05) is 0 Å². The number of rotatable bonds is 4. The molecule has 20 heavy (non-hydrogen) atoms. The SMILES string of the molecule is Cc1nc(CC2CCCCO2)nc(C)c1C(C)C(=O)O. The zero-order valence-corrected chi connectivity index (χ0v) is 12.3. The molecule has 1 aliphatic rings. The van der Waals surface area contributed by atoms with E-state index in [9.17, 15) is 4.79 Å². The Bertz CT molecular complexity index is 473. The van der Waals surface area contributed by atoms with E-state index in [0.717, 1.165) is 42.2 Å². The molecule has 1 aromatic heterocycles. The molecule has 110 valence electrons. The lowest BCUT2D eigenvalue weighted by molar-refractivity contribution is -0.138. The number of aromatic nitrogens is 2. The highest BCUT2D eigenvalue weighted by Crippen LogP contribution is 2.23. The minimum Gasteiger partial charge on any atom is -0.481 e. The van der Waals surface area contributed by atoms with Crippen molar-refractivity contribution in [3.63, 3.8) is 0 Å².